The molecule has 0 heterocycles. The molecule has 1 aliphatic rings. The van der Waals surface area contributed by atoms with Gasteiger partial charge in [0, 0.05) is 23.7 Å². The highest BCUT2D eigenvalue weighted by Gasteiger charge is 2.35. The Morgan fingerprint density at radius 3 is 2.53 bits per heavy atom. The molecule has 1 saturated carbocycles. The number of nitrogens with one attached hydrogen (secondary N) is 1. The van der Waals surface area contributed by atoms with Gasteiger partial charge in [-0.3, -0.25) is 0 Å². The normalized spacial score (nSPS) is 17.1. The maximum absolute atomic E-state index is 9.05. The predicted octanol–water partition coefficient (Wildman–Crippen LogP) is 3.16. The Morgan fingerprint density at radius 1 is 1.29 bits per heavy atom. The van der Waals surface area contributed by atoms with Crippen LogP contribution in [-0.2, 0) is 6.54 Å². The second kappa shape index (κ2) is 6.60. The van der Waals surface area contributed by atoms with Gasteiger partial charge >= 0.3 is 0 Å². The van der Waals surface area contributed by atoms with Crippen LogP contribution in [0.15, 0.2) is 24.3 Å². The molecule has 96 valence electrons. The first-order valence-corrected chi connectivity index (χ1v) is 6.23. The summed E-state index contributed by atoms with van der Waals surface area (Å²) in [7, 11) is 0. The molecule has 0 aliphatic heterocycles. The lowest BCUT2D eigenvalue weighted by Crippen LogP contribution is -2.51. The van der Waals surface area contributed by atoms with Gasteiger partial charge < -0.3 is 10.4 Å². The smallest absolute Gasteiger partial charge is 0.0450 e. The van der Waals surface area contributed by atoms with Gasteiger partial charge in [0.2, 0.25) is 0 Å². The molecular formula is C13H19Cl2NO. The third-order valence-electron chi connectivity index (χ3n) is 3.51. The molecule has 2 rings (SSSR count). The van der Waals surface area contributed by atoms with Gasteiger partial charge in [0.1, 0.15) is 0 Å². The fourth-order valence-corrected chi connectivity index (χ4v) is 2.46. The van der Waals surface area contributed by atoms with E-state index in [0.717, 1.165) is 36.4 Å². The first-order chi connectivity index (χ1) is 7.76. The number of aliphatic hydroxyl groups is 1. The summed E-state index contributed by atoms with van der Waals surface area (Å²) in [4.78, 5) is 0. The Hall–Kier alpha value is -0.280. The van der Waals surface area contributed by atoms with Crippen molar-refractivity contribution in [2.75, 3.05) is 6.61 Å². The summed E-state index contributed by atoms with van der Waals surface area (Å²) < 4.78 is 0. The Morgan fingerprint density at radius 2 is 2.00 bits per heavy atom. The molecule has 1 fully saturated rings. The van der Waals surface area contributed by atoms with E-state index in [2.05, 4.69) is 5.32 Å². The molecule has 1 aromatic rings. The first-order valence-electron chi connectivity index (χ1n) is 5.85. The zero-order valence-corrected chi connectivity index (χ0v) is 11.4. The summed E-state index contributed by atoms with van der Waals surface area (Å²) in [5.74, 6) is 0. The van der Waals surface area contributed by atoms with Crippen molar-refractivity contribution in [1.82, 2.24) is 5.32 Å². The highest BCUT2D eigenvalue weighted by Crippen LogP contribution is 2.35. The van der Waals surface area contributed by atoms with Crippen LogP contribution in [0.2, 0.25) is 5.02 Å². The van der Waals surface area contributed by atoms with Crippen LogP contribution in [0.25, 0.3) is 0 Å². The van der Waals surface area contributed by atoms with Gasteiger partial charge in [0.25, 0.3) is 0 Å². The Labute approximate surface area is 114 Å². The monoisotopic (exact) mass is 275 g/mol. The third-order valence-corrected chi connectivity index (χ3v) is 3.88. The summed E-state index contributed by atoms with van der Waals surface area (Å²) in [5.41, 5.74) is 1.29. The topological polar surface area (TPSA) is 32.3 Å². The Bertz CT molecular complexity index is 353. The lowest BCUT2D eigenvalue weighted by atomic mass is 9.74. The lowest BCUT2D eigenvalue weighted by Gasteiger charge is -2.42. The van der Waals surface area contributed by atoms with Gasteiger partial charge in [-0.05, 0) is 37.3 Å². The van der Waals surface area contributed by atoms with Gasteiger partial charge in [-0.15, -0.1) is 12.4 Å². The van der Waals surface area contributed by atoms with Gasteiger partial charge in [0.05, 0.1) is 0 Å². The van der Waals surface area contributed by atoms with E-state index in [0.29, 0.717) is 0 Å². The largest absolute Gasteiger partial charge is 0.396 e. The SMILES string of the molecule is Cl.OCCC1(NCc2ccccc2Cl)CCC1. The average Bonchev–Trinajstić information content (AvgIpc) is 2.24. The molecule has 0 amide bonds. The number of hydrogen-bond acceptors (Lipinski definition) is 2. The van der Waals surface area contributed by atoms with Gasteiger partial charge in [0.15, 0.2) is 0 Å². The highest BCUT2D eigenvalue weighted by atomic mass is 35.5. The van der Waals surface area contributed by atoms with Gasteiger partial charge in [-0.25, -0.2) is 0 Å². The van der Waals surface area contributed by atoms with Crippen molar-refractivity contribution in [1.29, 1.82) is 0 Å². The molecule has 0 bridgehead atoms. The second-order valence-corrected chi connectivity index (χ2v) is 4.96. The summed E-state index contributed by atoms with van der Waals surface area (Å²) >= 11 is 6.10. The third kappa shape index (κ3) is 3.59. The number of hydrogen-bond donors (Lipinski definition) is 2. The van der Waals surface area contributed by atoms with Crippen molar-refractivity contribution in [3.63, 3.8) is 0 Å². The second-order valence-electron chi connectivity index (χ2n) is 4.55. The standard InChI is InChI=1S/C13H18ClNO.ClH/c14-12-5-2-1-4-11(12)10-15-13(8-9-16)6-3-7-13;/h1-2,4-5,15-16H,3,6-10H2;1H. The number of halogens is 2. The van der Waals surface area contributed by atoms with Crippen LogP contribution in [0.3, 0.4) is 0 Å². The van der Waals surface area contributed by atoms with Crippen molar-refractivity contribution in [3.05, 3.63) is 34.9 Å². The molecule has 4 heteroatoms. The van der Waals surface area contributed by atoms with Gasteiger partial charge in [-0.2, -0.15) is 0 Å². The van der Waals surface area contributed by atoms with E-state index in [1.807, 2.05) is 24.3 Å². The molecule has 0 unspecified atom stereocenters. The summed E-state index contributed by atoms with van der Waals surface area (Å²) in [6.07, 6.45) is 4.43. The van der Waals surface area contributed by atoms with Crippen molar-refractivity contribution in [2.24, 2.45) is 0 Å². The van der Waals surface area contributed by atoms with Crippen LogP contribution < -0.4 is 5.32 Å². The minimum Gasteiger partial charge on any atom is -0.396 e. The molecule has 0 radical (unpaired) electrons. The van der Waals surface area contributed by atoms with Crippen molar-refractivity contribution in [3.8, 4) is 0 Å². The van der Waals surface area contributed by atoms with Crippen LogP contribution >= 0.6 is 24.0 Å². The Kier molecular flexibility index (Phi) is 5.74. The zero-order chi connectivity index (χ0) is 11.4. The van der Waals surface area contributed by atoms with E-state index in [4.69, 9.17) is 16.7 Å². The lowest BCUT2D eigenvalue weighted by molar-refractivity contribution is 0.130. The van der Waals surface area contributed by atoms with Crippen molar-refractivity contribution >= 4 is 24.0 Å². The van der Waals surface area contributed by atoms with Crippen LogP contribution in [-0.4, -0.2) is 17.3 Å². The number of rotatable bonds is 5. The first kappa shape index (κ1) is 14.8. The quantitative estimate of drug-likeness (QED) is 0.865. The molecule has 0 aromatic heterocycles. The average molecular weight is 276 g/mol. The molecule has 0 saturated heterocycles. The van der Waals surface area contributed by atoms with E-state index in [9.17, 15) is 0 Å². The van der Waals surface area contributed by atoms with Crippen LogP contribution in [0.4, 0.5) is 0 Å². The number of aliphatic hydroxyl groups excluding tert-OH is 1. The maximum atomic E-state index is 9.05. The fourth-order valence-electron chi connectivity index (χ4n) is 2.26. The van der Waals surface area contributed by atoms with Crippen LogP contribution in [0.5, 0.6) is 0 Å². The fraction of sp³-hybridized carbons (Fsp3) is 0.538. The molecule has 1 aromatic carbocycles. The van der Waals surface area contributed by atoms with Crippen molar-refractivity contribution in [2.45, 2.75) is 37.8 Å². The minimum absolute atomic E-state index is 0. The summed E-state index contributed by atoms with van der Waals surface area (Å²) in [5, 5.41) is 13.4. The summed E-state index contributed by atoms with van der Waals surface area (Å²) in [6.45, 7) is 1.05. The molecule has 0 atom stereocenters. The molecule has 1 aliphatic carbocycles. The van der Waals surface area contributed by atoms with E-state index < -0.39 is 0 Å². The minimum atomic E-state index is 0. The zero-order valence-electron chi connectivity index (χ0n) is 9.79. The Balaban J connectivity index is 0.00000144. The molecule has 17 heavy (non-hydrogen) atoms. The van der Waals surface area contributed by atoms with E-state index in [1.54, 1.807) is 0 Å². The van der Waals surface area contributed by atoms with E-state index >= 15 is 0 Å². The van der Waals surface area contributed by atoms with E-state index in [-0.39, 0.29) is 24.6 Å². The molecule has 0 spiro atoms. The van der Waals surface area contributed by atoms with Crippen LogP contribution in [0.1, 0.15) is 31.2 Å². The maximum Gasteiger partial charge on any atom is 0.0450 e. The molecule has 2 nitrogen and oxygen atoms in total. The van der Waals surface area contributed by atoms with Crippen molar-refractivity contribution < 1.29 is 5.11 Å². The van der Waals surface area contributed by atoms with Gasteiger partial charge in [-0.1, -0.05) is 29.8 Å². The molecular weight excluding hydrogens is 257 g/mol. The molecule has 2 N–H and O–H groups in total. The predicted molar refractivity (Wildman–Crippen MR) is 73.8 cm³/mol. The summed E-state index contributed by atoms with van der Waals surface area (Å²) in [6, 6.07) is 7.90. The van der Waals surface area contributed by atoms with E-state index in [1.165, 1.54) is 6.42 Å². The number of benzene rings is 1. The highest BCUT2D eigenvalue weighted by molar-refractivity contribution is 6.31. The van der Waals surface area contributed by atoms with Crippen LogP contribution in [0, 0.1) is 0 Å².